The number of hydrogen-bond acceptors (Lipinski definition) is 3. The van der Waals surface area contributed by atoms with E-state index in [-0.39, 0.29) is 11.9 Å². The molecule has 3 atom stereocenters. The molecule has 1 fully saturated rings. The van der Waals surface area contributed by atoms with Gasteiger partial charge in [-0.05, 0) is 13.8 Å². The van der Waals surface area contributed by atoms with Crippen molar-refractivity contribution in [2.75, 3.05) is 25.4 Å². The van der Waals surface area contributed by atoms with Crippen LogP contribution in [0.15, 0.2) is 0 Å². The third-order valence-electron chi connectivity index (χ3n) is 2.64. The van der Waals surface area contributed by atoms with Gasteiger partial charge in [0.1, 0.15) is 0 Å². The molecule has 0 bridgehead atoms. The van der Waals surface area contributed by atoms with Crippen LogP contribution in [-0.2, 0) is 10.8 Å². The summed E-state index contributed by atoms with van der Waals surface area (Å²) >= 11 is 0. The Balaban J connectivity index is 2.52. The maximum absolute atomic E-state index is 11.4. The van der Waals surface area contributed by atoms with E-state index < -0.39 is 10.8 Å². The Kier molecular flexibility index (Phi) is 3.68. The maximum atomic E-state index is 11.4. The summed E-state index contributed by atoms with van der Waals surface area (Å²) in [7, 11) is -0.663. The monoisotopic (exact) mass is 191 g/mol. The van der Waals surface area contributed by atoms with Gasteiger partial charge in [0.2, 0.25) is 0 Å². The lowest BCUT2D eigenvalue weighted by molar-refractivity contribution is 0.159. The molecule has 0 aliphatic carbocycles. The van der Waals surface area contributed by atoms with Crippen molar-refractivity contribution < 1.29 is 9.32 Å². The minimum atomic E-state index is -0.663. The minimum Gasteiger partial charge on any atom is -0.395 e. The Bertz CT molecular complexity index is 174. The van der Waals surface area contributed by atoms with Gasteiger partial charge in [-0.1, -0.05) is 0 Å². The zero-order chi connectivity index (χ0) is 9.14. The van der Waals surface area contributed by atoms with Crippen molar-refractivity contribution in [3.8, 4) is 0 Å². The van der Waals surface area contributed by atoms with Crippen LogP contribution in [0.25, 0.3) is 0 Å². The summed E-state index contributed by atoms with van der Waals surface area (Å²) in [4.78, 5) is 2.20. The predicted octanol–water partition coefficient (Wildman–Crippen LogP) is -0.180. The smallest absolute Gasteiger partial charge is 0.0558 e. The van der Waals surface area contributed by atoms with Gasteiger partial charge >= 0.3 is 0 Å². The summed E-state index contributed by atoms with van der Waals surface area (Å²) in [5, 5.41) is 9.01. The van der Waals surface area contributed by atoms with Crippen molar-refractivity contribution in [1.29, 1.82) is 0 Å². The summed E-state index contributed by atoms with van der Waals surface area (Å²) in [5.41, 5.74) is 0. The van der Waals surface area contributed by atoms with Crippen molar-refractivity contribution in [2.45, 2.75) is 25.1 Å². The molecule has 0 saturated carbocycles. The Morgan fingerprint density at radius 3 is 2.83 bits per heavy atom. The summed E-state index contributed by atoms with van der Waals surface area (Å²) in [6, 6.07) is 0.340. The van der Waals surface area contributed by atoms with E-state index in [9.17, 15) is 4.21 Å². The van der Waals surface area contributed by atoms with Gasteiger partial charge in [-0.2, -0.15) is 0 Å². The molecule has 1 N–H and O–H groups in total. The highest BCUT2D eigenvalue weighted by molar-refractivity contribution is 7.85. The Hall–Kier alpha value is 0.0700. The van der Waals surface area contributed by atoms with Crippen LogP contribution in [0.2, 0.25) is 0 Å². The molecule has 0 aromatic heterocycles. The number of hydrogen-bond donors (Lipinski definition) is 1. The first-order valence-corrected chi connectivity index (χ1v) is 5.77. The summed E-state index contributed by atoms with van der Waals surface area (Å²) in [6.45, 7) is 5.87. The number of aliphatic hydroxyl groups excluding tert-OH is 1. The topological polar surface area (TPSA) is 40.5 Å². The normalized spacial score (nSPS) is 38.4. The van der Waals surface area contributed by atoms with Crippen LogP contribution < -0.4 is 0 Å². The van der Waals surface area contributed by atoms with E-state index in [1.165, 1.54) is 0 Å². The molecule has 3 nitrogen and oxygen atoms in total. The van der Waals surface area contributed by atoms with Crippen LogP contribution in [0.1, 0.15) is 13.8 Å². The number of rotatable bonds is 2. The Morgan fingerprint density at radius 2 is 2.25 bits per heavy atom. The van der Waals surface area contributed by atoms with E-state index >= 15 is 0 Å². The lowest BCUT2D eigenvalue weighted by Crippen LogP contribution is -2.50. The van der Waals surface area contributed by atoms with Gasteiger partial charge < -0.3 is 5.11 Å². The molecule has 0 spiro atoms. The van der Waals surface area contributed by atoms with Gasteiger partial charge in [0.05, 0.1) is 6.61 Å². The lowest BCUT2D eigenvalue weighted by atomic mass is 10.2. The van der Waals surface area contributed by atoms with Crippen LogP contribution in [-0.4, -0.2) is 51.0 Å². The fourth-order valence-electron chi connectivity index (χ4n) is 1.56. The number of β-amino-alcohol motifs (C(OH)–C–C–N with tert-alkyl or cyclic N) is 1. The fourth-order valence-corrected chi connectivity index (χ4v) is 2.95. The molecule has 3 unspecified atom stereocenters. The van der Waals surface area contributed by atoms with Gasteiger partial charge in [-0.25, -0.2) is 0 Å². The van der Waals surface area contributed by atoms with Gasteiger partial charge in [0.15, 0.2) is 0 Å². The molecule has 1 heterocycles. The van der Waals surface area contributed by atoms with Crippen molar-refractivity contribution in [3.05, 3.63) is 0 Å². The first kappa shape index (κ1) is 10.2. The Morgan fingerprint density at radius 1 is 1.58 bits per heavy atom. The molecular formula is C8H17NO2S. The molecule has 1 aliphatic rings. The predicted molar refractivity (Wildman–Crippen MR) is 50.6 cm³/mol. The van der Waals surface area contributed by atoms with Gasteiger partial charge in [-0.3, -0.25) is 9.11 Å². The van der Waals surface area contributed by atoms with E-state index in [0.717, 1.165) is 12.3 Å². The molecule has 0 aromatic carbocycles. The van der Waals surface area contributed by atoms with Crippen molar-refractivity contribution in [2.24, 2.45) is 0 Å². The molecule has 1 rings (SSSR count). The zero-order valence-electron chi connectivity index (χ0n) is 7.69. The van der Waals surface area contributed by atoms with Crippen LogP contribution in [0.4, 0.5) is 0 Å². The highest BCUT2D eigenvalue weighted by Gasteiger charge is 2.29. The van der Waals surface area contributed by atoms with Crippen LogP contribution in [0.5, 0.6) is 0 Å². The van der Waals surface area contributed by atoms with E-state index in [1.54, 1.807) is 0 Å². The molecular weight excluding hydrogens is 174 g/mol. The molecule has 1 saturated heterocycles. The molecule has 0 aromatic rings. The third kappa shape index (κ3) is 2.06. The van der Waals surface area contributed by atoms with Crippen molar-refractivity contribution in [3.63, 3.8) is 0 Å². The zero-order valence-corrected chi connectivity index (χ0v) is 8.51. The number of nitrogens with zero attached hydrogens (tertiary/aromatic N) is 1. The highest BCUT2D eigenvalue weighted by atomic mass is 32.2. The van der Waals surface area contributed by atoms with Crippen LogP contribution >= 0.6 is 0 Å². The lowest BCUT2D eigenvalue weighted by Gasteiger charge is -2.36. The first-order valence-electron chi connectivity index (χ1n) is 4.39. The second kappa shape index (κ2) is 4.35. The van der Waals surface area contributed by atoms with E-state index in [0.29, 0.717) is 12.6 Å². The largest absolute Gasteiger partial charge is 0.395 e. The van der Waals surface area contributed by atoms with Crippen LogP contribution in [0.3, 0.4) is 0 Å². The van der Waals surface area contributed by atoms with Crippen molar-refractivity contribution >= 4 is 10.8 Å². The van der Waals surface area contributed by atoms with E-state index in [1.807, 2.05) is 6.92 Å². The molecule has 0 amide bonds. The molecule has 4 heteroatoms. The first-order chi connectivity index (χ1) is 5.66. The standard InChI is InChI=1S/C8H17NO2S/c1-7-8(2)12(11)6-4-9(7)3-5-10/h7-8,10H,3-6H2,1-2H3. The average Bonchev–Trinajstić information content (AvgIpc) is 2.07. The van der Waals surface area contributed by atoms with Gasteiger partial charge in [0.25, 0.3) is 0 Å². The third-order valence-corrected chi connectivity index (χ3v) is 4.45. The second-order valence-corrected chi connectivity index (χ2v) is 5.20. The minimum absolute atomic E-state index is 0.198. The fraction of sp³-hybridized carbons (Fsp3) is 1.00. The summed E-state index contributed by atoms with van der Waals surface area (Å²) < 4.78 is 11.4. The second-order valence-electron chi connectivity index (χ2n) is 3.29. The quantitative estimate of drug-likeness (QED) is 0.658. The van der Waals surface area contributed by atoms with E-state index in [4.69, 9.17) is 5.11 Å². The van der Waals surface area contributed by atoms with E-state index in [2.05, 4.69) is 11.8 Å². The SMILES string of the molecule is CC1C(C)S(=O)CCN1CCO. The van der Waals surface area contributed by atoms with Gasteiger partial charge in [0, 0.05) is 40.9 Å². The molecule has 1 aliphatic heterocycles. The number of aliphatic hydroxyl groups is 1. The molecule has 72 valence electrons. The Labute approximate surface area is 76.2 Å². The molecule has 12 heavy (non-hydrogen) atoms. The highest BCUT2D eigenvalue weighted by Crippen LogP contribution is 2.15. The maximum Gasteiger partial charge on any atom is 0.0558 e. The van der Waals surface area contributed by atoms with Crippen molar-refractivity contribution in [1.82, 2.24) is 4.90 Å². The molecule has 0 radical (unpaired) electrons. The summed E-state index contributed by atoms with van der Waals surface area (Å²) in [6.07, 6.45) is 0. The van der Waals surface area contributed by atoms with Gasteiger partial charge in [-0.15, -0.1) is 0 Å². The van der Waals surface area contributed by atoms with Crippen LogP contribution in [0, 0.1) is 0 Å². The summed E-state index contributed by atoms with van der Waals surface area (Å²) in [5.74, 6) is 0.755. The average molecular weight is 191 g/mol.